The minimum absolute atomic E-state index is 0.942. The van der Waals surface area contributed by atoms with Crippen molar-refractivity contribution in [2.45, 2.75) is 122 Å². The van der Waals surface area contributed by atoms with E-state index in [2.05, 4.69) is 75.5 Å². The molecule has 0 bridgehead atoms. The fraction of sp³-hybridized carbons (Fsp3) is 0.800. The Balaban J connectivity index is 3.44. The Bertz CT molecular complexity index is 436. The second-order valence-electron chi connectivity index (χ2n) is 10.1. The number of hydrogen-bond donors (Lipinski definition) is 0. The fourth-order valence-electron chi connectivity index (χ4n) is 3.58. The molecular weight excluding hydrogens is 370 g/mol. The summed E-state index contributed by atoms with van der Waals surface area (Å²) in [5.74, 6) is 0. The molecule has 0 saturated heterocycles. The standard InChI is InChI=1S/C25H51NSi2/c1-7-9-22-27(3,4)24-18-16-14-12-11-13-15-17-20-26-21-19-25-28(5,6)23-10-8-2/h7-10,21H,11-20,22-25H2,1-6H3/b9-7+,10-8+,26-21?. The minimum Gasteiger partial charge on any atom is -0.298 e. The van der Waals surface area contributed by atoms with Gasteiger partial charge in [0.1, 0.15) is 0 Å². The summed E-state index contributed by atoms with van der Waals surface area (Å²) in [5, 5.41) is 0. The highest BCUT2D eigenvalue weighted by Crippen LogP contribution is 2.21. The average Bonchev–Trinajstić information content (AvgIpc) is 2.65. The van der Waals surface area contributed by atoms with E-state index in [0.29, 0.717) is 0 Å². The van der Waals surface area contributed by atoms with E-state index in [1.165, 1.54) is 82.0 Å². The lowest BCUT2D eigenvalue weighted by Gasteiger charge is -2.20. The maximum Gasteiger partial charge on any atom is 0.0514 e. The summed E-state index contributed by atoms with van der Waals surface area (Å²) in [5.41, 5.74) is 0. The van der Waals surface area contributed by atoms with E-state index in [9.17, 15) is 0 Å². The lowest BCUT2D eigenvalue weighted by Crippen LogP contribution is -2.23. The van der Waals surface area contributed by atoms with Crippen molar-refractivity contribution in [1.29, 1.82) is 0 Å². The van der Waals surface area contributed by atoms with E-state index in [1.54, 1.807) is 0 Å². The number of allylic oxidation sites excluding steroid dienone is 4. The zero-order valence-electron chi connectivity index (χ0n) is 20.2. The second kappa shape index (κ2) is 17.4. The largest absolute Gasteiger partial charge is 0.298 e. The molecule has 0 aliphatic carbocycles. The predicted molar refractivity (Wildman–Crippen MR) is 139 cm³/mol. The number of rotatable bonds is 18. The van der Waals surface area contributed by atoms with Crippen molar-refractivity contribution < 1.29 is 0 Å². The van der Waals surface area contributed by atoms with E-state index in [0.717, 1.165) is 6.54 Å². The Kier molecular flexibility index (Phi) is 17.2. The summed E-state index contributed by atoms with van der Waals surface area (Å²) in [6.07, 6.45) is 23.8. The molecule has 0 aromatic rings. The third-order valence-electron chi connectivity index (χ3n) is 5.78. The van der Waals surface area contributed by atoms with Crippen molar-refractivity contribution in [2.24, 2.45) is 4.99 Å². The van der Waals surface area contributed by atoms with Crippen molar-refractivity contribution in [3.8, 4) is 0 Å². The normalized spacial score (nSPS) is 13.5. The maximum absolute atomic E-state index is 4.64. The minimum atomic E-state index is -1.02. The van der Waals surface area contributed by atoms with Crippen LogP contribution in [0.3, 0.4) is 0 Å². The van der Waals surface area contributed by atoms with Gasteiger partial charge in [-0.25, -0.2) is 0 Å². The first kappa shape index (κ1) is 27.6. The molecule has 0 saturated carbocycles. The van der Waals surface area contributed by atoms with Crippen molar-refractivity contribution in [1.82, 2.24) is 0 Å². The molecule has 0 heterocycles. The van der Waals surface area contributed by atoms with Crippen LogP contribution in [0.4, 0.5) is 0 Å². The topological polar surface area (TPSA) is 12.4 Å². The Labute approximate surface area is 180 Å². The number of nitrogens with zero attached hydrogens (tertiary/aromatic N) is 1. The van der Waals surface area contributed by atoms with E-state index in [4.69, 9.17) is 0 Å². The van der Waals surface area contributed by atoms with Gasteiger partial charge < -0.3 is 0 Å². The van der Waals surface area contributed by atoms with Crippen molar-refractivity contribution >= 4 is 22.4 Å². The SMILES string of the molecule is C/C=C/C[Si](C)(C)CCC=NCCCCCCCCCC[Si](C)(C)C/C=C/C. The van der Waals surface area contributed by atoms with Gasteiger partial charge in [0.05, 0.1) is 16.1 Å². The molecule has 0 aromatic heterocycles. The Morgan fingerprint density at radius 1 is 0.607 bits per heavy atom. The molecule has 0 spiro atoms. The van der Waals surface area contributed by atoms with Crippen LogP contribution in [0.5, 0.6) is 0 Å². The average molecular weight is 422 g/mol. The van der Waals surface area contributed by atoms with Gasteiger partial charge in [-0.1, -0.05) is 108 Å². The van der Waals surface area contributed by atoms with Gasteiger partial charge in [0.2, 0.25) is 0 Å². The van der Waals surface area contributed by atoms with Gasteiger partial charge in [0.15, 0.2) is 0 Å². The first-order chi connectivity index (χ1) is 13.3. The van der Waals surface area contributed by atoms with E-state index in [1.807, 2.05) is 0 Å². The Morgan fingerprint density at radius 2 is 1.07 bits per heavy atom. The highest BCUT2D eigenvalue weighted by molar-refractivity contribution is 6.78. The Morgan fingerprint density at radius 3 is 1.61 bits per heavy atom. The molecule has 0 fully saturated rings. The summed E-state index contributed by atoms with van der Waals surface area (Å²) in [7, 11) is -1.96. The third-order valence-corrected chi connectivity index (χ3v) is 11.8. The zero-order valence-corrected chi connectivity index (χ0v) is 22.2. The van der Waals surface area contributed by atoms with Crippen LogP contribution >= 0.6 is 0 Å². The van der Waals surface area contributed by atoms with Crippen molar-refractivity contribution in [2.75, 3.05) is 6.54 Å². The summed E-state index contributed by atoms with van der Waals surface area (Å²) in [4.78, 5) is 4.64. The molecule has 0 aliphatic heterocycles. The first-order valence-corrected chi connectivity index (χ1v) is 18.9. The summed E-state index contributed by atoms with van der Waals surface area (Å²) in [6.45, 7) is 15.4. The van der Waals surface area contributed by atoms with Gasteiger partial charge in [-0.3, -0.25) is 4.99 Å². The van der Waals surface area contributed by atoms with E-state index in [-0.39, 0.29) is 0 Å². The first-order valence-electron chi connectivity index (χ1n) is 12.0. The van der Waals surface area contributed by atoms with Crippen LogP contribution in [-0.4, -0.2) is 28.9 Å². The molecule has 0 unspecified atom stereocenters. The maximum atomic E-state index is 4.64. The van der Waals surface area contributed by atoms with Gasteiger partial charge >= 0.3 is 0 Å². The van der Waals surface area contributed by atoms with Gasteiger partial charge in [-0.05, 0) is 45.0 Å². The van der Waals surface area contributed by atoms with E-state index < -0.39 is 16.1 Å². The number of hydrogen-bond acceptors (Lipinski definition) is 1. The molecule has 0 N–H and O–H groups in total. The van der Waals surface area contributed by atoms with Crippen LogP contribution in [-0.2, 0) is 0 Å². The van der Waals surface area contributed by atoms with Crippen LogP contribution in [0, 0.1) is 0 Å². The lowest BCUT2D eigenvalue weighted by molar-refractivity contribution is 0.577. The molecule has 0 amide bonds. The van der Waals surface area contributed by atoms with Gasteiger partial charge in [-0.15, -0.1) is 0 Å². The van der Waals surface area contributed by atoms with Crippen LogP contribution in [0.2, 0.25) is 50.4 Å². The van der Waals surface area contributed by atoms with Crippen LogP contribution < -0.4 is 0 Å². The quantitative estimate of drug-likeness (QED) is 0.0905. The Hall–Kier alpha value is -0.416. The number of aliphatic imine (C=N–C) groups is 1. The molecule has 0 rings (SSSR count). The zero-order chi connectivity index (χ0) is 21.1. The fourth-order valence-corrected chi connectivity index (χ4v) is 7.86. The molecule has 28 heavy (non-hydrogen) atoms. The predicted octanol–water partition coefficient (Wildman–Crippen LogP) is 9.14. The van der Waals surface area contributed by atoms with Gasteiger partial charge in [-0.2, -0.15) is 0 Å². The summed E-state index contributed by atoms with van der Waals surface area (Å²) < 4.78 is 0. The highest BCUT2D eigenvalue weighted by Gasteiger charge is 2.18. The lowest BCUT2D eigenvalue weighted by atomic mass is 10.1. The van der Waals surface area contributed by atoms with Crippen LogP contribution in [0.15, 0.2) is 29.3 Å². The van der Waals surface area contributed by atoms with Crippen LogP contribution in [0.1, 0.15) is 71.6 Å². The molecule has 3 heteroatoms. The molecule has 0 atom stereocenters. The van der Waals surface area contributed by atoms with Crippen molar-refractivity contribution in [3.63, 3.8) is 0 Å². The highest BCUT2D eigenvalue weighted by atomic mass is 28.3. The monoisotopic (exact) mass is 421 g/mol. The molecule has 1 nitrogen and oxygen atoms in total. The smallest absolute Gasteiger partial charge is 0.0514 e. The van der Waals surface area contributed by atoms with Crippen molar-refractivity contribution in [3.05, 3.63) is 24.3 Å². The molecule has 0 aliphatic rings. The van der Waals surface area contributed by atoms with E-state index >= 15 is 0 Å². The molecular formula is C25H51NSi2. The second-order valence-corrected chi connectivity index (χ2v) is 20.6. The summed E-state index contributed by atoms with van der Waals surface area (Å²) >= 11 is 0. The number of unbranched alkanes of at least 4 members (excludes halogenated alkanes) is 7. The van der Waals surface area contributed by atoms with Crippen LogP contribution in [0.25, 0.3) is 0 Å². The molecule has 164 valence electrons. The summed E-state index contributed by atoms with van der Waals surface area (Å²) in [6, 6.07) is 5.55. The van der Waals surface area contributed by atoms with Gasteiger partial charge in [0.25, 0.3) is 0 Å². The third kappa shape index (κ3) is 18.9. The molecule has 0 aromatic carbocycles. The molecule has 0 radical (unpaired) electrons. The van der Waals surface area contributed by atoms with Gasteiger partial charge in [0, 0.05) is 6.54 Å².